The van der Waals surface area contributed by atoms with Crippen molar-refractivity contribution in [2.75, 3.05) is 16.9 Å². The molecule has 0 spiro atoms. The highest BCUT2D eigenvalue weighted by atomic mass is 16.1. The maximum Gasteiger partial charge on any atom is 0.237 e. The number of nitrogens with zero attached hydrogens (tertiary/aromatic N) is 3. The number of amides is 1. The Morgan fingerprint density at radius 1 is 1.47 bits per heavy atom. The van der Waals surface area contributed by atoms with E-state index in [0.29, 0.717) is 17.5 Å². The van der Waals surface area contributed by atoms with Gasteiger partial charge in [0.05, 0.1) is 6.54 Å². The van der Waals surface area contributed by atoms with E-state index in [1.54, 1.807) is 6.07 Å². The van der Waals surface area contributed by atoms with Crippen molar-refractivity contribution in [3.8, 4) is 0 Å². The molecular weight excluding hydrogens is 244 g/mol. The second-order valence-corrected chi connectivity index (χ2v) is 4.61. The van der Waals surface area contributed by atoms with Gasteiger partial charge in [0.2, 0.25) is 5.91 Å². The van der Waals surface area contributed by atoms with Crippen molar-refractivity contribution in [1.29, 1.82) is 0 Å². The highest BCUT2D eigenvalue weighted by molar-refractivity contribution is 5.79. The Balaban J connectivity index is 3.13. The van der Waals surface area contributed by atoms with Gasteiger partial charge in [0.15, 0.2) is 0 Å². The lowest BCUT2D eigenvalue weighted by Crippen LogP contribution is -2.39. The Morgan fingerprint density at radius 3 is 2.63 bits per heavy atom. The minimum absolute atomic E-state index is 0.0995. The maximum atomic E-state index is 11.1. The molecule has 7 nitrogen and oxygen atoms in total. The van der Waals surface area contributed by atoms with Gasteiger partial charge in [0, 0.05) is 18.5 Å². The van der Waals surface area contributed by atoms with Gasteiger partial charge in [0.1, 0.15) is 17.5 Å². The molecule has 0 fully saturated rings. The van der Waals surface area contributed by atoms with E-state index in [9.17, 15) is 4.79 Å². The van der Waals surface area contributed by atoms with Crippen LogP contribution >= 0.6 is 0 Å². The minimum Gasteiger partial charge on any atom is -0.368 e. The number of nitrogens with one attached hydrogen (secondary N) is 1. The number of anilines is 2. The number of carbonyl (C=O) groups is 1. The van der Waals surface area contributed by atoms with E-state index in [1.165, 1.54) is 0 Å². The summed E-state index contributed by atoms with van der Waals surface area (Å²) in [5.41, 5.74) is 7.79. The second-order valence-electron chi connectivity index (χ2n) is 4.61. The van der Waals surface area contributed by atoms with Crippen LogP contribution in [0, 0.1) is 0 Å². The Morgan fingerprint density at radius 2 is 2.16 bits per heavy atom. The van der Waals surface area contributed by atoms with Gasteiger partial charge >= 0.3 is 0 Å². The van der Waals surface area contributed by atoms with Crippen LogP contribution in [0.4, 0.5) is 11.6 Å². The van der Waals surface area contributed by atoms with E-state index >= 15 is 0 Å². The smallest absolute Gasteiger partial charge is 0.237 e. The van der Waals surface area contributed by atoms with E-state index in [-0.39, 0.29) is 12.6 Å². The van der Waals surface area contributed by atoms with Gasteiger partial charge in [-0.3, -0.25) is 4.79 Å². The molecule has 0 radical (unpaired) electrons. The molecule has 1 aromatic rings. The predicted molar refractivity (Wildman–Crippen MR) is 75.5 cm³/mol. The fourth-order valence-electron chi connectivity index (χ4n) is 1.74. The second kappa shape index (κ2) is 6.89. The first-order chi connectivity index (χ1) is 8.97. The SMILES string of the molecule is CCCc1nc(NN)cc(N(CC(N)=O)C(C)C)n1. The van der Waals surface area contributed by atoms with Crippen molar-refractivity contribution < 1.29 is 4.79 Å². The van der Waals surface area contributed by atoms with Crippen molar-refractivity contribution in [3.05, 3.63) is 11.9 Å². The molecule has 1 rings (SSSR count). The number of hydrogen-bond acceptors (Lipinski definition) is 6. The van der Waals surface area contributed by atoms with Crippen LogP contribution in [-0.2, 0) is 11.2 Å². The predicted octanol–water partition coefficient (Wildman–Crippen LogP) is 0.415. The molecule has 1 aromatic heterocycles. The Labute approximate surface area is 113 Å². The summed E-state index contributed by atoms with van der Waals surface area (Å²) >= 11 is 0. The average molecular weight is 266 g/mol. The Bertz CT molecular complexity index is 434. The monoisotopic (exact) mass is 266 g/mol. The molecule has 0 unspecified atom stereocenters. The van der Waals surface area contributed by atoms with E-state index in [0.717, 1.165) is 12.8 Å². The molecule has 1 heterocycles. The third-order valence-corrected chi connectivity index (χ3v) is 2.62. The first-order valence-corrected chi connectivity index (χ1v) is 6.37. The van der Waals surface area contributed by atoms with Crippen molar-refractivity contribution in [1.82, 2.24) is 9.97 Å². The van der Waals surface area contributed by atoms with Gasteiger partial charge in [-0.25, -0.2) is 15.8 Å². The number of aromatic nitrogens is 2. The fourth-order valence-corrected chi connectivity index (χ4v) is 1.74. The average Bonchev–Trinajstić information content (AvgIpc) is 2.35. The molecule has 0 saturated heterocycles. The summed E-state index contributed by atoms with van der Waals surface area (Å²) in [4.78, 5) is 21.7. The van der Waals surface area contributed by atoms with E-state index in [2.05, 4.69) is 22.3 Å². The van der Waals surface area contributed by atoms with Crippen molar-refractivity contribution in [2.45, 2.75) is 39.7 Å². The number of rotatable bonds is 7. The van der Waals surface area contributed by atoms with Crippen molar-refractivity contribution in [3.63, 3.8) is 0 Å². The number of nitrogens with two attached hydrogens (primary N) is 2. The van der Waals surface area contributed by atoms with E-state index in [1.807, 2.05) is 18.7 Å². The van der Waals surface area contributed by atoms with Gasteiger partial charge in [-0.15, -0.1) is 0 Å². The summed E-state index contributed by atoms with van der Waals surface area (Å²) in [5, 5.41) is 0. The number of nitrogen functional groups attached to an aromatic ring is 1. The topological polar surface area (TPSA) is 110 Å². The van der Waals surface area contributed by atoms with Crippen LogP contribution in [0.15, 0.2) is 6.07 Å². The number of aryl methyl sites for hydroxylation is 1. The molecule has 0 aliphatic rings. The highest BCUT2D eigenvalue weighted by Gasteiger charge is 2.16. The van der Waals surface area contributed by atoms with Crippen LogP contribution in [0.3, 0.4) is 0 Å². The summed E-state index contributed by atoms with van der Waals surface area (Å²) in [5.74, 6) is 6.90. The van der Waals surface area contributed by atoms with Crippen LogP contribution in [0.25, 0.3) is 0 Å². The lowest BCUT2D eigenvalue weighted by Gasteiger charge is -2.27. The molecule has 0 atom stereocenters. The summed E-state index contributed by atoms with van der Waals surface area (Å²) in [7, 11) is 0. The molecular formula is C12H22N6O. The molecule has 0 aliphatic carbocycles. The molecule has 19 heavy (non-hydrogen) atoms. The normalized spacial score (nSPS) is 10.6. The Kier molecular flexibility index (Phi) is 5.50. The molecule has 0 aliphatic heterocycles. The third kappa shape index (κ3) is 4.36. The van der Waals surface area contributed by atoms with Gasteiger partial charge in [-0.2, -0.15) is 0 Å². The summed E-state index contributed by atoms with van der Waals surface area (Å²) in [6.45, 7) is 6.11. The number of hydrogen-bond donors (Lipinski definition) is 3. The molecule has 0 saturated carbocycles. The molecule has 0 bridgehead atoms. The van der Waals surface area contributed by atoms with Gasteiger partial charge < -0.3 is 16.1 Å². The molecule has 7 heteroatoms. The first kappa shape index (κ1) is 15.2. The van der Waals surface area contributed by atoms with Gasteiger partial charge in [-0.1, -0.05) is 6.92 Å². The molecule has 0 aromatic carbocycles. The van der Waals surface area contributed by atoms with E-state index < -0.39 is 5.91 Å². The van der Waals surface area contributed by atoms with Crippen molar-refractivity contribution in [2.24, 2.45) is 11.6 Å². The fraction of sp³-hybridized carbons (Fsp3) is 0.583. The zero-order valence-corrected chi connectivity index (χ0v) is 11.7. The largest absolute Gasteiger partial charge is 0.368 e. The standard InChI is InChI=1S/C12H22N6O/c1-4-5-10-15-11(17-14)6-12(16-10)18(8(2)3)7-9(13)19/h6,8H,4-5,7,14H2,1-3H3,(H2,13,19)(H,15,16,17). The molecule has 1 amide bonds. The van der Waals surface area contributed by atoms with Crippen LogP contribution in [-0.4, -0.2) is 28.5 Å². The maximum absolute atomic E-state index is 11.1. The number of hydrazine groups is 1. The van der Waals surface area contributed by atoms with E-state index in [4.69, 9.17) is 11.6 Å². The van der Waals surface area contributed by atoms with Crippen LogP contribution in [0.5, 0.6) is 0 Å². The zero-order chi connectivity index (χ0) is 14.4. The number of primary amides is 1. The van der Waals surface area contributed by atoms with Crippen LogP contribution in [0.1, 0.15) is 33.0 Å². The van der Waals surface area contributed by atoms with Crippen LogP contribution in [0.2, 0.25) is 0 Å². The van der Waals surface area contributed by atoms with Gasteiger partial charge in [-0.05, 0) is 20.3 Å². The lowest BCUT2D eigenvalue weighted by molar-refractivity contribution is -0.116. The Hall–Kier alpha value is -1.89. The molecule has 5 N–H and O–H groups in total. The lowest BCUT2D eigenvalue weighted by atomic mass is 10.3. The van der Waals surface area contributed by atoms with Crippen LogP contribution < -0.4 is 21.9 Å². The summed E-state index contributed by atoms with van der Waals surface area (Å²) < 4.78 is 0. The van der Waals surface area contributed by atoms with Crippen molar-refractivity contribution >= 4 is 17.5 Å². The highest BCUT2D eigenvalue weighted by Crippen LogP contribution is 2.18. The summed E-state index contributed by atoms with van der Waals surface area (Å²) in [6.07, 6.45) is 1.69. The summed E-state index contributed by atoms with van der Waals surface area (Å²) in [6, 6.07) is 1.81. The minimum atomic E-state index is -0.397. The number of carbonyl (C=O) groups excluding carboxylic acids is 1. The first-order valence-electron chi connectivity index (χ1n) is 6.37. The quantitative estimate of drug-likeness (QED) is 0.487. The zero-order valence-electron chi connectivity index (χ0n) is 11.7. The van der Waals surface area contributed by atoms with Gasteiger partial charge in [0.25, 0.3) is 0 Å². The third-order valence-electron chi connectivity index (χ3n) is 2.62. The molecule has 106 valence electrons.